The number of anilines is 1. The molecule has 0 radical (unpaired) electrons. The second-order valence-corrected chi connectivity index (χ2v) is 5.03. The number of rotatable bonds is 10. The molecular formula is C16H21NNa2O4. The van der Waals surface area contributed by atoms with E-state index in [0.717, 1.165) is 19.4 Å². The van der Waals surface area contributed by atoms with Gasteiger partial charge in [-0.3, -0.25) is 0 Å². The summed E-state index contributed by atoms with van der Waals surface area (Å²) in [5.41, 5.74) is -0.143. The molecule has 1 N–H and O–H groups in total. The summed E-state index contributed by atoms with van der Waals surface area (Å²) >= 11 is 0. The number of carboxylic acid groups (broad SMARTS) is 2. The summed E-state index contributed by atoms with van der Waals surface area (Å²) in [6.07, 6.45) is 7.03. The largest absolute Gasteiger partial charge is 1.00 e. The molecule has 0 bridgehead atoms. The number of hydrogen-bond donors (Lipinski definition) is 1. The second kappa shape index (κ2) is 14.3. The van der Waals surface area contributed by atoms with Crippen LogP contribution < -0.4 is 74.6 Å². The molecule has 116 valence electrons. The molecule has 1 aromatic rings. The van der Waals surface area contributed by atoms with Crippen molar-refractivity contribution < 1.29 is 78.9 Å². The van der Waals surface area contributed by atoms with Gasteiger partial charge in [-0.1, -0.05) is 45.1 Å². The molecule has 0 saturated heterocycles. The van der Waals surface area contributed by atoms with Gasteiger partial charge in [-0.25, -0.2) is 0 Å². The first-order chi connectivity index (χ1) is 10.1. The van der Waals surface area contributed by atoms with E-state index < -0.39 is 11.9 Å². The van der Waals surface area contributed by atoms with Crippen LogP contribution in [0.4, 0.5) is 5.69 Å². The minimum atomic E-state index is -1.52. The predicted octanol–water partition coefficient (Wildman–Crippen LogP) is -4.81. The first-order valence-corrected chi connectivity index (χ1v) is 7.37. The SMILES string of the molecule is CCCCCCCCNc1ccc(C(=O)[O-])c(C(=O)[O-])c1.[Na+].[Na+]. The van der Waals surface area contributed by atoms with E-state index in [-0.39, 0.29) is 70.2 Å². The molecule has 0 saturated carbocycles. The average molecular weight is 337 g/mol. The molecular weight excluding hydrogens is 316 g/mol. The van der Waals surface area contributed by atoms with Gasteiger partial charge in [0, 0.05) is 23.4 Å². The molecule has 0 atom stereocenters. The maximum atomic E-state index is 10.9. The van der Waals surface area contributed by atoms with E-state index >= 15 is 0 Å². The van der Waals surface area contributed by atoms with E-state index in [9.17, 15) is 19.8 Å². The Labute approximate surface area is 181 Å². The third-order valence-corrected chi connectivity index (χ3v) is 3.32. The molecule has 0 aliphatic rings. The van der Waals surface area contributed by atoms with E-state index in [4.69, 9.17) is 0 Å². The Morgan fingerprint density at radius 1 is 0.913 bits per heavy atom. The van der Waals surface area contributed by atoms with Gasteiger partial charge in [-0.05, 0) is 18.6 Å². The normalized spacial score (nSPS) is 9.43. The van der Waals surface area contributed by atoms with Gasteiger partial charge in [0.2, 0.25) is 0 Å². The standard InChI is InChI=1S/C16H23NO4.2Na/c1-2-3-4-5-6-7-10-17-12-8-9-13(15(18)19)14(11-12)16(20)21;;/h8-9,11,17H,2-7,10H2,1H3,(H,18,19)(H,20,21);;/q;2*+1/p-2. The van der Waals surface area contributed by atoms with Crippen molar-refractivity contribution >= 4 is 17.6 Å². The molecule has 0 spiro atoms. The minimum absolute atomic E-state index is 0. The van der Waals surface area contributed by atoms with Crippen molar-refractivity contribution in [2.24, 2.45) is 0 Å². The van der Waals surface area contributed by atoms with Gasteiger partial charge in [0.15, 0.2) is 0 Å². The number of carboxylic acids is 2. The molecule has 0 aliphatic heterocycles. The van der Waals surface area contributed by atoms with Gasteiger partial charge >= 0.3 is 59.1 Å². The van der Waals surface area contributed by atoms with E-state index in [1.54, 1.807) is 0 Å². The van der Waals surface area contributed by atoms with Crippen LogP contribution in [-0.2, 0) is 0 Å². The van der Waals surface area contributed by atoms with Gasteiger partial charge in [0.25, 0.3) is 0 Å². The average Bonchev–Trinajstić information content (AvgIpc) is 2.46. The van der Waals surface area contributed by atoms with E-state index in [1.165, 1.54) is 43.9 Å². The summed E-state index contributed by atoms with van der Waals surface area (Å²) in [7, 11) is 0. The van der Waals surface area contributed by atoms with Crippen LogP contribution >= 0.6 is 0 Å². The Hall–Kier alpha value is -0.0400. The third-order valence-electron chi connectivity index (χ3n) is 3.32. The molecule has 0 amide bonds. The summed E-state index contributed by atoms with van der Waals surface area (Å²) in [4.78, 5) is 21.7. The van der Waals surface area contributed by atoms with Crippen molar-refractivity contribution in [1.29, 1.82) is 0 Å². The maximum absolute atomic E-state index is 10.9. The quantitative estimate of drug-likeness (QED) is 0.342. The van der Waals surface area contributed by atoms with Gasteiger partial charge in [0.1, 0.15) is 0 Å². The molecule has 23 heavy (non-hydrogen) atoms. The van der Waals surface area contributed by atoms with Crippen molar-refractivity contribution in [3.8, 4) is 0 Å². The summed E-state index contributed by atoms with van der Waals surface area (Å²) in [6, 6.07) is 4.04. The van der Waals surface area contributed by atoms with Crippen molar-refractivity contribution in [3.05, 3.63) is 29.3 Å². The third kappa shape index (κ3) is 9.75. The zero-order valence-corrected chi connectivity index (χ0v) is 18.3. The predicted molar refractivity (Wildman–Crippen MR) is 77.0 cm³/mol. The fourth-order valence-corrected chi connectivity index (χ4v) is 2.14. The Bertz CT molecular complexity index is 495. The van der Waals surface area contributed by atoms with Crippen molar-refractivity contribution in [2.45, 2.75) is 45.4 Å². The number of hydrogen-bond acceptors (Lipinski definition) is 5. The van der Waals surface area contributed by atoms with Gasteiger partial charge in [-0.2, -0.15) is 0 Å². The summed E-state index contributed by atoms with van der Waals surface area (Å²) in [5.74, 6) is -3.03. The Morgan fingerprint density at radius 3 is 2.04 bits per heavy atom. The fraction of sp³-hybridized carbons (Fsp3) is 0.500. The zero-order chi connectivity index (χ0) is 15.7. The van der Waals surface area contributed by atoms with Crippen LogP contribution in [0.5, 0.6) is 0 Å². The molecule has 5 nitrogen and oxygen atoms in total. The van der Waals surface area contributed by atoms with Gasteiger partial charge in [0.05, 0.1) is 11.9 Å². The van der Waals surface area contributed by atoms with Crippen LogP contribution in [0.15, 0.2) is 18.2 Å². The molecule has 0 aromatic heterocycles. The van der Waals surface area contributed by atoms with E-state index in [0.29, 0.717) is 5.69 Å². The number of carbonyl (C=O) groups is 2. The Morgan fingerprint density at radius 2 is 1.48 bits per heavy atom. The van der Waals surface area contributed by atoms with Gasteiger partial charge < -0.3 is 25.1 Å². The van der Waals surface area contributed by atoms with Crippen LogP contribution in [0.25, 0.3) is 0 Å². The Kier molecular flexibility index (Phi) is 15.7. The second-order valence-electron chi connectivity index (χ2n) is 5.03. The smallest absolute Gasteiger partial charge is 0.545 e. The maximum Gasteiger partial charge on any atom is 1.00 e. The monoisotopic (exact) mass is 337 g/mol. The Balaban J connectivity index is 0. The van der Waals surface area contributed by atoms with Crippen LogP contribution in [0.1, 0.15) is 66.2 Å². The fourth-order valence-electron chi connectivity index (χ4n) is 2.14. The minimum Gasteiger partial charge on any atom is -0.545 e. The molecule has 0 aliphatic carbocycles. The molecule has 7 heteroatoms. The number of benzene rings is 1. The first-order valence-electron chi connectivity index (χ1n) is 7.37. The van der Waals surface area contributed by atoms with Crippen LogP contribution in [0.3, 0.4) is 0 Å². The first kappa shape index (κ1) is 25.2. The summed E-state index contributed by atoms with van der Waals surface area (Å²) < 4.78 is 0. The summed E-state index contributed by atoms with van der Waals surface area (Å²) in [5, 5.41) is 24.8. The van der Waals surface area contributed by atoms with E-state index in [1.807, 2.05) is 0 Å². The number of aromatic carboxylic acids is 2. The molecule has 1 rings (SSSR count). The van der Waals surface area contributed by atoms with Crippen LogP contribution in [0, 0.1) is 0 Å². The van der Waals surface area contributed by atoms with Crippen molar-refractivity contribution in [2.75, 3.05) is 11.9 Å². The number of nitrogens with one attached hydrogen (secondary N) is 1. The van der Waals surface area contributed by atoms with E-state index in [2.05, 4.69) is 12.2 Å². The molecule has 0 heterocycles. The van der Waals surface area contributed by atoms with Gasteiger partial charge in [-0.15, -0.1) is 0 Å². The zero-order valence-electron chi connectivity index (χ0n) is 14.3. The molecule has 0 unspecified atom stereocenters. The molecule has 0 fully saturated rings. The molecule has 1 aromatic carbocycles. The van der Waals surface area contributed by atoms with Crippen LogP contribution in [-0.4, -0.2) is 18.5 Å². The topological polar surface area (TPSA) is 92.3 Å². The van der Waals surface area contributed by atoms with Crippen molar-refractivity contribution in [3.63, 3.8) is 0 Å². The summed E-state index contributed by atoms with van der Waals surface area (Å²) in [6.45, 7) is 2.90. The van der Waals surface area contributed by atoms with Crippen LogP contribution in [0.2, 0.25) is 0 Å². The number of carbonyl (C=O) groups excluding carboxylic acids is 2. The van der Waals surface area contributed by atoms with Crippen molar-refractivity contribution in [1.82, 2.24) is 0 Å². The number of unbranched alkanes of at least 4 members (excludes halogenated alkanes) is 5.